The van der Waals surface area contributed by atoms with E-state index < -0.39 is 11.0 Å². The fourth-order valence-electron chi connectivity index (χ4n) is 2.21. The molecule has 0 aliphatic carbocycles. The molecule has 1 aliphatic rings. The minimum absolute atomic E-state index is 0.00204. The Labute approximate surface area is 133 Å². The molecule has 0 aromatic heterocycles. The lowest BCUT2D eigenvalue weighted by Crippen LogP contribution is -2.31. The van der Waals surface area contributed by atoms with Gasteiger partial charge in [-0.3, -0.25) is 10.1 Å². The molecule has 2 rings (SSSR count). The van der Waals surface area contributed by atoms with E-state index in [1.54, 1.807) is 19.1 Å². The second kappa shape index (κ2) is 7.26. The third-order valence-corrected chi connectivity index (χ3v) is 3.94. The van der Waals surface area contributed by atoms with Crippen LogP contribution in [0.25, 0.3) is 0 Å². The Morgan fingerprint density at radius 1 is 1.50 bits per heavy atom. The van der Waals surface area contributed by atoms with Gasteiger partial charge in [0.1, 0.15) is 12.4 Å². The third kappa shape index (κ3) is 4.20. The number of nitro benzene ring substituents is 1. The summed E-state index contributed by atoms with van der Waals surface area (Å²) in [5.41, 5.74) is 0.665. The van der Waals surface area contributed by atoms with Crippen LogP contribution in [0.15, 0.2) is 29.3 Å². The summed E-state index contributed by atoms with van der Waals surface area (Å²) in [7, 11) is 0. The molecular formula is C14H17N3O4S. The van der Waals surface area contributed by atoms with Crippen LogP contribution in [0, 0.1) is 10.1 Å². The van der Waals surface area contributed by atoms with E-state index in [9.17, 15) is 14.9 Å². The lowest BCUT2D eigenvalue weighted by atomic mass is 10.2. The quantitative estimate of drug-likeness (QED) is 0.304. The van der Waals surface area contributed by atoms with Crippen LogP contribution in [0.4, 0.5) is 10.5 Å². The van der Waals surface area contributed by atoms with Gasteiger partial charge in [0.15, 0.2) is 0 Å². The van der Waals surface area contributed by atoms with Gasteiger partial charge in [-0.15, -0.1) is 0 Å². The van der Waals surface area contributed by atoms with E-state index >= 15 is 0 Å². The van der Waals surface area contributed by atoms with Gasteiger partial charge in [0.2, 0.25) is 0 Å². The van der Waals surface area contributed by atoms with Crippen LogP contribution in [-0.4, -0.2) is 33.7 Å². The Morgan fingerprint density at radius 2 is 2.18 bits per heavy atom. The maximum Gasteiger partial charge on any atom is 0.435 e. The molecule has 1 unspecified atom stereocenters. The van der Waals surface area contributed by atoms with Crippen molar-refractivity contribution in [3.05, 3.63) is 39.9 Å². The summed E-state index contributed by atoms with van der Waals surface area (Å²) in [6.45, 7) is 2.61. The molecule has 1 aromatic rings. The highest BCUT2D eigenvalue weighted by Gasteiger charge is 2.22. The summed E-state index contributed by atoms with van der Waals surface area (Å²) in [6.07, 6.45) is 1.32. The van der Waals surface area contributed by atoms with Crippen LogP contribution >= 0.6 is 12.6 Å². The number of nitro groups is 1. The number of rotatable bonds is 3. The summed E-state index contributed by atoms with van der Waals surface area (Å²) >= 11 is 4.42. The van der Waals surface area contributed by atoms with Gasteiger partial charge < -0.3 is 9.64 Å². The SMILES string of the molecule is CC(=NC(=O)OCc1ccc([N+](=O)[O-])cc1)N1CCCC1S. The molecule has 1 amide bonds. The number of carbonyl (C=O) groups is 1. The normalized spacial score (nSPS) is 18.4. The number of carbonyl (C=O) groups excluding carboxylic acids is 1. The van der Waals surface area contributed by atoms with E-state index in [-0.39, 0.29) is 17.7 Å². The molecule has 1 saturated heterocycles. The van der Waals surface area contributed by atoms with Crippen LogP contribution < -0.4 is 0 Å². The monoisotopic (exact) mass is 323 g/mol. The van der Waals surface area contributed by atoms with Crippen molar-refractivity contribution in [2.45, 2.75) is 31.7 Å². The Kier molecular flexibility index (Phi) is 5.37. The maximum atomic E-state index is 11.7. The van der Waals surface area contributed by atoms with Gasteiger partial charge in [-0.2, -0.15) is 17.6 Å². The van der Waals surface area contributed by atoms with Crippen LogP contribution in [0.2, 0.25) is 0 Å². The van der Waals surface area contributed by atoms with Gasteiger partial charge in [-0.1, -0.05) is 0 Å². The molecule has 1 aromatic carbocycles. The van der Waals surface area contributed by atoms with Crippen molar-refractivity contribution in [2.24, 2.45) is 4.99 Å². The zero-order chi connectivity index (χ0) is 16.1. The zero-order valence-electron chi connectivity index (χ0n) is 12.1. The van der Waals surface area contributed by atoms with Crippen molar-refractivity contribution in [2.75, 3.05) is 6.54 Å². The first kappa shape index (κ1) is 16.3. The maximum absolute atomic E-state index is 11.7. The van der Waals surface area contributed by atoms with E-state index in [0.29, 0.717) is 11.4 Å². The first-order valence-electron chi connectivity index (χ1n) is 6.87. The predicted octanol–water partition coefficient (Wildman–Crippen LogP) is 3.00. The van der Waals surface area contributed by atoms with Gasteiger partial charge in [0.25, 0.3) is 5.69 Å². The summed E-state index contributed by atoms with van der Waals surface area (Å²) in [4.78, 5) is 27.6. The fourth-order valence-corrected chi connectivity index (χ4v) is 2.68. The highest BCUT2D eigenvalue weighted by atomic mass is 32.1. The van der Waals surface area contributed by atoms with Crippen LogP contribution in [0.1, 0.15) is 25.3 Å². The Morgan fingerprint density at radius 3 is 2.73 bits per heavy atom. The topological polar surface area (TPSA) is 85.0 Å². The number of benzene rings is 1. The number of ether oxygens (including phenoxy) is 1. The Hall–Kier alpha value is -2.09. The fraction of sp³-hybridized carbons (Fsp3) is 0.429. The predicted molar refractivity (Wildman–Crippen MR) is 85.1 cm³/mol. The smallest absolute Gasteiger partial charge is 0.435 e. The van der Waals surface area contributed by atoms with E-state index in [1.165, 1.54) is 12.1 Å². The summed E-state index contributed by atoms with van der Waals surface area (Å²) < 4.78 is 5.05. The molecule has 0 N–H and O–H groups in total. The highest BCUT2D eigenvalue weighted by Crippen LogP contribution is 2.20. The number of aliphatic imine (C=N–C) groups is 1. The van der Waals surface area contributed by atoms with E-state index in [2.05, 4.69) is 17.6 Å². The van der Waals surface area contributed by atoms with Gasteiger partial charge >= 0.3 is 6.09 Å². The summed E-state index contributed by atoms with van der Waals surface area (Å²) in [5, 5.41) is 10.6. The number of amides is 1. The molecule has 1 atom stereocenters. The van der Waals surface area contributed by atoms with E-state index in [1.807, 2.05) is 4.90 Å². The molecule has 1 heterocycles. The largest absolute Gasteiger partial charge is 0.443 e. The molecule has 7 nitrogen and oxygen atoms in total. The van der Waals surface area contributed by atoms with Crippen LogP contribution in [0.5, 0.6) is 0 Å². The molecule has 118 valence electrons. The number of thiol groups is 1. The van der Waals surface area contributed by atoms with E-state index in [0.717, 1.165) is 19.4 Å². The first-order chi connectivity index (χ1) is 10.5. The van der Waals surface area contributed by atoms with Crippen molar-refractivity contribution in [3.8, 4) is 0 Å². The number of amidine groups is 1. The average Bonchev–Trinajstić information content (AvgIpc) is 2.91. The Balaban J connectivity index is 1.88. The van der Waals surface area contributed by atoms with Gasteiger partial charge in [-0.25, -0.2) is 4.79 Å². The van der Waals surface area contributed by atoms with Gasteiger partial charge in [-0.05, 0) is 37.5 Å². The lowest BCUT2D eigenvalue weighted by molar-refractivity contribution is -0.384. The van der Waals surface area contributed by atoms with Crippen molar-refractivity contribution in [1.82, 2.24) is 4.90 Å². The number of hydrogen-bond acceptors (Lipinski definition) is 5. The first-order valence-corrected chi connectivity index (χ1v) is 7.39. The number of nitrogens with zero attached hydrogens (tertiary/aromatic N) is 3. The Bertz CT molecular complexity index is 588. The molecule has 0 spiro atoms. The van der Waals surface area contributed by atoms with Gasteiger partial charge in [0.05, 0.1) is 10.3 Å². The molecule has 0 radical (unpaired) electrons. The van der Waals surface area contributed by atoms with Crippen molar-refractivity contribution in [3.63, 3.8) is 0 Å². The molecule has 0 bridgehead atoms. The minimum atomic E-state index is -0.678. The summed E-state index contributed by atoms with van der Waals surface area (Å²) in [5.74, 6) is 0.589. The van der Waals surface area contributed by atoms with Gasteiger partial charge in [0, 0.05) is 18.7 Å². The molecule has 1 aliphatic heterocycles. The molecule has 1 fully saturated rings. The average molecular weight is 323 g/mol. The molecular weight excluding hydrogens is 306 g/mol. The van der Waals surface area contributed by atoms with Crippen LogP contribution in [-0.2, 0) is 11.3 Å². The van der Waals surface area contributed by atoms with Crippen molar-refractivity contribution >= 4 is 30.2 Å². The number of likely N-dealkylation sites (tertiary alicyclic amines) is 1. The standard InChI is InChI=1S/C14H17N3O4S/c1-10(16-8-2-3-13(16)22)15-14(18)21-9-11-4-6-12(7-5-11)17(19)20/h4-7,13,22H,2-3,8-9H2,1H3. The third-order valence-electron chi connectivity index (χ3n) is 3.40. The van der Waals surface area contributed by atoms with Crippen LogP contribution in [0.3, 0.4) is 0 Å². The molecule has 0 saturated carbocycles. The van der Waals surface area contributed by atoms with E-state index in [4.69, 9.17) is 4.74 Å². The van der Waals surface area contributed by atoms with Crippen molar-refractivity contribution < 1.29 is 14.5 Å². The summed E-state index contributed by atoms with van der Waals surface area (Å²) in [6, 6.07) is 5.83. The number of hydrogen-bond donors (Lipinski definition) is 1. The van der Waals surface area contributed by atoms with Crippen molar-refractivity contribution in [1.29, 1.82) is 0 Å². The second-order valence-electron chi connectivity index (χ2n) is 4.95. The molecule has 22 heavy (non-hydrogen) atoms. The lowest BCUT2D eigenvalue weighted by Gasteiger charge is -2.21. The highest BCUT2D eigenvalue weighted by molar-refractivity contribution is 7.80. The second-order valence-corrected chi connectivity index (χ2v) is 5.55. The number of non-ortho nitro benzene ring substituents is 1. The molecule has 8 heteroatoms. The minimum Gasteiger partial charge on any atom is -0.443 e. The zero-order valence-corrected chi connectivity index (χ0v) is 13.0.